The number of rotatable bonds is 3. The number of halogens is 3. The van der Waals surface area contributed by atoms with Crippen molar-refractivity contribution in [3.8, 4) is 0 Å². The molecule has 0 spiro atoms. The van der Waals surface area contributed by atoms with Gasteiger partial charge in [-0.05, 0) is 23.3 Å². The average molecular weight is 313 g/mol. The van der Waals surface area contributed by atoms with Gasteiger partial charge in [0.15, 0.2) is 4.46 Å². The van der Waals surface area contributed by atoms with Crippen LogP contribution in [0.15, 0.2) is 54.6 Å². The fourth-order valence-corrected chi connectivity index (χ4v) is 3.12. The molecular weight excluding hydrogens is 301 g/mol. The summed E-state index contributed by atoms with van der Waals surface area (Å²) >= 11 is 18.6. The molecule has 1 aliphatic rings. The lowest BCUT2D eigenvalue weighted by Gasteiger charge is -2.04. The molecule has 1 heterocycles. The van der Waals surface area contributed by atoms with Gasteiger partial charge in [0.2, 0.25) is 0 Å². The van der Waals surface area contributed by atoms with E-state index in [4.69, 9.17) is 34.8 Å². The first kappa shape index (κ1) is 13.3. The molecule has 1 saturated heterocycles. The van der Waals surface area contributed by atoms with Gasteiger partial charge in [-0.25, -0.2) is 0 Å². The predicted molar refractivity (Wildman–Crippen MR) is 80.6 cm³/mol. The lowest BCUT2D eigenvalue weighted by atomic mass is 10.1. The van der Waals surface area contributed by atoms with E-state index in [0.29, 0.717) is 5.02 Å². The maximum atomic E-state index is 6.36. The minimum Gasteiger partial charge on any atom is -0.255 e. The summed E-state index contributed by atoms with van der Waals surface area (Å²) in [5.41, 5.74) is 2.29. The fraction of sp³-hybridized carbons (Fsp3) is 0.200. The van der Waals surface area contributed by atoms with Crippen LogP contribution in [-0.4, -0.2) is 9.36 Å². The first-order chi connectivity index (χ1) is 9.09. The summed E-state index contributed by atoms with van der Waals surface area (Å²) in [5.74, 6) is 0. The Morgan fingerprint density at radius 2 is 1.58 bits per heavy atom. The molecule has 4 heteroatoms. The Balaban J connectivity index is 1.79. The monoisotopic (exact) mass is 311 g/mol. The minimum atomic E-state index is -0.830. The molecule has 0 N–H and O–H groups in total. The van der Waals surface area contributed by atoms with E-state index in [1.54, 1.807) is 0 Å². The van der Waals surface area contributed by atoms with Crippen molar-refractivity contribution in [3.63, 3.8) is 0 Å². The quantitative estimate of drug-likeness (QED) is 0.436. The number of hydrogen-bond acceptors (Lipinski definition) is 1. The van der Waals surface area contributed by atoms with Crippen LogP contribution in [0.1, 0.15) is 17.2 Å². The van der Waals surface area contributed by atoms with Crippen molar-refractivity contribution in [2.75, 3.05) is 0 Å². The highest BCUT2D eigenvalue weighted by atomic mass is 35.5. The van der Waals surface area contributed by atoms with E-state index in [1.165, 1.54) is 5.56 Å². The van der Waals surface area contributed by atoms with Crippen LogP contribution in [0.5, 0.6) is 0 Å². The molecule has 0 bridgehead atoms. The summed E-state index contributed by atoms with van der Waals surface area (Å²) in [6, 6.07) is 17.8. The van der Waals surface area contributed by atoms with E-state index in [9.17, 15) is 0 Å². The van der Waals surface area contributed by atoms with Crippen LogP contribution in [0.2, 0.25) is 5.02 Å². The standard InChI is InChI=1S/C15H12Cl3N/c16-13-8-6-12(7-9-13)14-15(17,18)19(14)10-11-4-2-1-3-5-11/h1-9,14H,10H2. The molecule has 19 heavy (non-hydrogen) atoms. The number of benzene rings is 2. The highest BCUT2D eigenvalue weighted by molar-refractivity contribution is 6.50. The highest BCUT2D eigenvalue weighted by Crippen LogP contribution is 2.59. The minimum absolute atomic E-state index is 0.0216. The molecule has 0 amide bonds. The zero-order valence-electron chi connectivity index (χ0n) is 10.1. The van der Waals surface area contributed by atoms with Crippen LogP contribution in [-0.2, 0) is 6.54 Å². The molecule has 0 saturated carbocycles. The average Bonchev–Trinajstić information content (AvgIpc) is 2.93. The fourth-order valence-electron chi connectivity index (χ4n) is 2.29. The van der Waals surface area contributed by atoms with E-state index >= 15 is 0 Å². The normalized spacial score (nSPS) is 24.2. The summed E-state index contributed by atoms with van der Waals surface area (Å²) in [6.07, 6.45) is 0. The molecule has 1 fully saturated rings. The van der Waals surface area contributed by atoms with Crippen molar-refractivity contribution < 1.29 is 0 Å². The summed E-state index contributed by atoms with van der Waals surface area (Å²) in [6.45, 7) is 0.737. The summed E-state index contributed by atoms with van der Waals surface area (Å²) < 4.78 is -0.830. The van der Waals surface area contributed by atoms with Crippen molar-refractivity contribution in [3.05, 3.63) is 70.7 Å². The molecule has 2 aromatic carbocycles. The molecule has 2 aromatic rings. The van der Waals surface area contributed by atoms with Gasteiger partial charge in [-0.2, -0.15) is 0 Å². The number of hydrogen-bond donors (Lipinski definition) is 0. The van der Waals surface area contributed by atoms with Gasteiger partial charge >= 0.3 is 0 Å². The largest absolute Gasteiger partial charge is 0.255 e. The molecule has 0 radical (unpaired) electrons. The summed E-state index contributed by atoms with van der Waals surface area (Å²) in [4.78, 5) is 2.05. The summed E-state index contributed by atoms with van der Waals surface area (Å²) in [5, 5.41) is 0.716. The lowest BCUT2D eigenvalue weighted by Crippen LogP contribution is -2.03. The van der Waals surface area contributed by atoms with Gasteiger partial charge in [-0.15, -0.1) is 0 Å². The molecular formula is C15H12Cl3N. The molecule has 1 nitrogen and oxygen atoms in total. The zero-order chi connectivity index (χ0) is 13.5. The Bertz CT molecular complexity index is 566. The van der Waals surface area contributed by atoms with Crippen molar-refractivity contribution in [1.82, 2.24) is 4.90 Å². The van der Waals surface area contributed by atoms with Crippen LogP contribution >= 0.6 is 34.8 Å². The Morgan fingerprint density at radius 3 is 2.21 bits per heavy atom. The number of alkyl halides is 2. The van der Waals surface area contributed by atoms with Crippen molar-refractivity contribution >= 4 is 34.8 Å². The van der Waals surface area contributed by atoms with Crippen LogP contribution in [0, 0.1) is 0 Å². The second-order valence-electron chi connectivity index (χ2n) is 4.66. The van der Waals surface area contributed by atoms with Gasteiger partial charge in [0.1, 0.15) is 0 Å². The molecule has 2 unspecified atom stereocenters. The van der Waals surface area contributed by atoms with Gasteiger partial charge in [0.25, 0.3) is 0 Å². The van der Waals surface area contributed by atoms with Crippen LogP contribution in [0.25, 0.3) is 0 Å². The van der Waals surface area contributed by atoms with Crippen LogP contribution in [0.4, 0.5) is 0 Å². The van der Waals surface area contributed by atoms with E-state index < -0.39 is 4.46 Å². The van der Waals surface area contributed by atoms with E-state index in [2.05, 4.69) is 17.0 Å². The van der Waals surface area contributed by atoms with Crippen LogP contribution in [0.3, 0.4) is 0 Å². The maximum Gasteiger partial charge on any atom is 0.192 e. The van der Waals surface area contributed by atoms with Gasteiger partial charge < -0.3 is 0 Å². The second kappa shape index (κ2) is 4.99. The van der Waals surface area contributed by atoms with Crippen molar-refractivity contribution in [2.45, 2.75) is 17.0 Å². The summed E-state index contributed by atoms with van der Waals surface area (Å²) in [7, 11) is 0. The predicted octanol–water partition coefficient (Wildman–Crippen LogP) is 5.03. The Labute approximate surface area is 127 Å². The first-order valence-electron chi connectivity index (χ1n) is 6.03. The molecule has 0 aromatic heterocycles. The first-order valence-corrected chi connectivity index (χ1v) is 7.16. The van der Waals surface area contributed by atoms with Gasteiger partial charge in [-0.3, -0.25) is 4.90 Å². The molecule has 0 aliphatic carbocycles. The van der Waals surface area contributed by atoms with E-state index in [-0.39, 0.29) is 6.04 Å². The maximum absolute atomic E-state index is 6.36. The Hall–Kier alpha value is -0.730. The third-order valence-electron chi connectivity index (χ3n) is 3.34. The van der Waals surface area contributed by atoms with Crippen molar-refractivity contribution in [1.29, 1.82) is 0 Å². The van der Waals surface area contributed by atoms with E-state index in [0.717, 1.165) is 12.1 Å². The van der Waals surface area contributed by atoms with Crippen LogP contribution < -0.4 is 0 Å². The van der Waals surface area contributed by atoms with Crippen molar-refractivity contribution in [2.24, 2.45) is 0 Å². The van der Waals surface area contributed by atoms with E-state index in [1.807, 2.05) is 42.5 Å². The molecule has 2 atom stereocenters. The van der Waals surface area contributed by atoms with Gasteiger partial charge in [-0.1, -0.05) is 77.3 Å². The topological polar surface area (TPSA) is 3.01 Å². The Morgan fingerprint density at radius 1 is 0.947 bits per heavy atom. The van der Waals surface area contributed by atoms with Gasteiger partial charge in [0.05, 0.1) is 6.04 Å². The third kappa shape index (κ3) is 2.61. The molecule has 98 valence electrons. The molecule has 1 aliphatic heterocycles. The SMILES string of the molecule is Clc1ccc(C2N(Cc3ccccc3)C2(Cl)Cl)cc1. The Kier molecular flexibility index (Phi) is 3.48. The number of nitrogens with zero attached hydrogens (tertiary/aromatic N) is 1. The lowest BCUT2D eigenvalue weighted by molar-refractivity contribution is 0.492. The molecule has 3 rings (SSSR count). The van der Waals surface area contributed by atoms with Gasteiger partial charge in [0, 0.05) is 11.6 Å². The zero-order valence-corrected chi connectivity index (χ0v) is 12.3. The third-order valence-corrected chi connectivity index (χ3v) is 4.44. The highest BCUT2D eigenvalue weighted by Gasteiger charge is 2.61. The second-order valence-corrected chi connectivity index (χ2v) is 6.44. The smallest absolute Gasteiger partial charge is 0.192 e.